The van der Waals surface area contributed by atoms with Gasteiger partial charge in [0.15, 0.2) is 0 Å². The molecule has 0 aliphatic carbocycles. The van der Waals surface area contributed by atoms with Gasteiger partial charge in [-0.15, -0.1) is 0 Å². The molecule has 0 aliphatic rings. The number of alkyl halides is 1. The van der Waals surface area contributed by atoms with Gasteiger partial charge in [0.1, 0.15) is 10.7 Å². The molecule has 1 aromatic rings. The fourth-order valence-corrected chi connectivity index (χ4v) is 4.36. The van der Waals surface area contributed by atoms with Crippen molar-refractivity contribution >= 4 is 26.0 Å². The summed E-state index contributed by atoms with van der Waals surface area (Å²) in [6.07, 6.45) is 1.25. The average molecular weight is 338 g/mol. The largest absolute Gasteiger partial charge is 0.244 e. The van der Waals surface area contributed by atoms with E-state index in [9.17, 15) is 12.8 Å². The maximum atomic E-state index is 13.5. The van der Waals surface area contributed by atoms with Gasteiger partial charge in [-0.3, -0.25) is 0 Å². The maximum Gasteiger partial charge on any atom is 0.244 e. The molecule has 0 aromatic heterocycles. The van der Waals surface area contributed by atoms with Crippen molar-refractivity contribution in [1.29, 1.82) is 0 Å². The van der Waals surface area contributed by atoms with E-state index in [1.807, 2.05) is 13.8 Å². The molecule has 0 fully saturated rings. The van der Waals surface area contributed by atoms with Crippen molar-refractivity contribution < 1.29 is 12.8 Å². The second-order valence-electron chi connectivity index (χ2n) is 4.16. The Morgan fingerprint density at radius 1 is 1.28 bits per heavy atom. The van der Waals surface area contributed by atoms with Crippen LogP contribution in [0.15, 0.2) is 29.2 Å². The Kier molecular flexibility index (Phi) is 5.31. The molecule has 0 saturated heterocycles. The van der Waals surface area contributed by atoms with E-state index in [0.717, 1.165) is 6.07 Å². The molecule has 102 valence electrons. The van der Waals surface area contributed by atoms with Gasteiger partial charge in [0.25, 0.3) is 0 Å². The Morgan fingerprint density at radius 2 is 1.83 bits per heavy atom. The first kappa shape index (κ1) is 15.6. The summed E-state index contributed by atoms with van der Waals surface area (Å²) in [5.41, 5.74) is -0.582. The summed E-state index contributed by atoms with van der Waals surface area (Å²) in [7, 11) is -3.84. The van der Waals surface area contributed by atoms with Crippen molar-refractivity contribution in [3.8, 4) is 0 Å². The molecule has 0 aliphatic heterocycles. The molecule has 0 spiro atoms. The van der Waals surface area contributed by atoms with Crippen molar-refractivity contribution in [1.82, 2.24) is 4.72 Å². The minimum absolute atomic E-state index is 0.308. The van der Waals surface area contributed by atoms with E-state index < -0.39 is 21.4 Å². The highest BCUT2D eigenvalue weighted by Crippen LogP contribution is 2.23. The lowest BCUT2D eigenvalue weighted by atomic mass is 9.97. The lowest BCUT2D eigenvalue weighted by Gasteiger charge is -2.30. The third kappa shape index (κ3) is 3.30. The van der Waals surface area contributed by atoms with Gasteiger partial charge in [0, 0.05) is 10.9 Å². The number of sulfonamides is 1. The second-order valence-corrected chi connectivity index (χ2v) is 6.37. The summed E-state index contributed by atoms with van der Waals surface area (Å²) in [5, 5.41) is 0.487. The van der Waals surface area contributed by atoms with Crippen LogP contribution in [0.25, 0.3) is 0 Å². The monoisotopic (exact) mass is 337 g/mol. The van der Waals surface area contributed by atoms with Gasteiger partial charge in [-0.2, -0.15) is 0 Å². The molecule has 0 radical (unpaired) electrons. The van der Waals surface area contributed by atoms with Crippen LogP contribution >= 0.6 is 15.9 Å². The molecule has 0 bridgehead atoms. The molecule has 0 amide bonds. The molecular weight excluding hydrogens is 321 g/mol. The van der Waals surface area contributed by atoms with E-state index >= 15 is 0 Å². The van der Waals surface area contributed by atoms with Gasteiger partial charge in [-0.1, -0.05) is 41.9 Å². The number of benzene rings is 1. The molecule has 1 rings (SSSR count). The van der Waals surface area contributed by atoms with Crippen LogP contribution in [0.4, 0.5) is 4.39 Å². The van der Waals surface area contributed by atoms with Crippen LogP contribution in [0.5, 0.6) is 0 Å². The molecule has 0 saturated carbocycles. The average Bonchev–Trinajstić information content (AvgIpc) is 2.36. The van der Waals surface area contributed by atoms with Crippen molar-refractivity contribution in [2.45, 2.75) is 37.1 Å². The van der Waals surface area contributed by atoms with Gasteiger partial charge >= 0.3 is 0 Å². The van der Waals surface area contributed by atoms with Crippen molar-refractivity contribution in [2.24, 2.45) is 0 Å². The van der Waals surface area contributed by atoms with Gasteiger partial charge in [0.2, 0.25) is 10.0 Å². The van der Waals surface area contributed by atoms with Gasteiger partial charge in [-0.05, 0) is 25.0 Å². The third-order valence-corrected chi connectivity index (χ3v) is 5.77. The summed E-state index contributed by atoms with van der Waals surface area (Å²) in [4.78, 5) is -0.308. The SMILES string of the molecule is CCC(CC)(CBr)NS(=O)(=O)c1ccccc1F. The summed E-state index contributed by atoms with van der Waals surface area (Å²) < 4.78 is 40.5. The quantitative estimate of drug-likeness (QED) is 0.811. The third-order valence-electron chi connectivity index (χ3n) is 3.09. The van der Waals surface area contributed by atoms with Gasteiger partial charge in [0.05, 0.1) is 0 Å². The Bertz CT molecular complexity index is 492. The van der Waals surface area contributed by atoms with Crippen LogP contribution in [-0.4, -0.2) is 19.3 Å². The number of nitrogens with one attached hydrogen (secondary N) is 1. The smallest absolute Gasteiger partial charge is 0.207 e. The van der Waals surface area contributed by atoms with E-state index in [-0.39, 0.29) is 4.90 Å². The minimum atomic E-state index is -3.84. The molecule has 18 heavy (non-hydrogen) atoms. The van der Waals surface area contributed by atoms with Crippen LogP contribution in [0.1, 0.15) is 26.7 Å². The Hall–Kier alpha value is -0.460. The molecular formula is C12H17BrFNO2S. The predicted octanol–water partition coefficient (Wildman–Crippen LogP) is 3.06. The van der Waals surface area contributed by atoms with Crippen molar-refractivity contribution in [3.05, 3.63) is 30.1 Å². The molecule has 0 atom stereocenters. The summed E-state index contributed by atoms with van der Waals surface area (Å²) in [6.45, 7) is 3.79. The van der Waals surface area contributed by atoms with Gasteiger partial charge in [-0.25, -0.2) is 17.5 Å². The zero-order chi connectivity index (χ0) is 13.8. The van der Waals surface area contributed by atoms with E-state index in [0.29, 0.717) is 18.2 Å². The Balaban J connectivity index is 3.13. The molecule has 0 heterocycles. The van der Waals surface area contributed by atoms with Gasteiger partial charge < -0.3 is 0 Å². The summed E-state index contributed by atoms with van der Waals surface area (Å²) in [5.74, 6) is -0.735. The first-order valence-electron chi connectivity index (χ1n) is 5.75. The topological polar surface area (TPSA) is 46.2 Å². The van der Waals surface area contributed by atoms with E-state index in [1.165, 1.54) is 18.2 Å². The molecule has 1 N–H and O–H groups in total. The summed E-state index contributed by atoms with van der Waals surface area (Å²) >= 11 is 3.32. The van der Waals surface area contributed by atoms with E-state index in [2.05, 4.69) is 20.7 Å². The van der Waals surface area contributed by atoms with E-state index in [1.54, 1.807) is 0 Å². The summed E-state index contributed by atoms with van der Waals surface area (Å²) in [6, 6.07) is 5.38. The predicted molar refractivity (Wildman–Crippen MR) is 73.8 cm³/mol. The van der Waals surface area contributed by atoms with E-state index in [4.69, 9.17) is 0 Å². The highest BCUT2D eigenvalue weighted by molar-refractivity contribution is 9.09. The normalized spacial score (nSPS) is 12.7. The highest BCUT2D eigenvalue weighted by Gasteiger charge is 2.32. The van der Waals surface area contributed by atoms with Crippen LogP contribution < -0.4 is 4.72 Å². The molecule has 3 nitrogen and oxygen atoms in total. The maximum absolute atomic E-state index is 13.5. The fraction of sp³-hybridized carbons (Fsp3) is 0.500. The minimum Gasteiger partial charge on any atom is -0.207 e. The lowest BCUT2D eigenvalue weighted by Crippen LogP contribution is -2.49. The zero-order valence-corrected chi connectivity index (χ0v) is 12.8. The molecule has 1 aromatic carbocycles. The molecule has 0 unspecified atom stereocenters. The van der Waals surface area contributed by atoms with Crippen LogP contribution in [0, 0.1) is 5.82 Å². The second kappa shape index (κ2) is 6.12. The van der Waals surface area contributed by atoms with Crippen LogP contribution in [0.3, 0.4) is 0 Å². The molecule has 6 heteroatoms. The Labute approximate surface area is 116 Å². The first-order valence-corrected chi connectivity index (χ1v) is 8.35. The van der Waals surface area contributed by atoms with Crippen molar-refractivity contribution in [2.75, 3.05) is 5.33 Å². The standard InChI is InChI=1S/C12H17BrFNO2S/c1-3-12(4-2,9-13)15-18(16,17)11-8-6-5-7-10(11)14/h5-8,15H,3-4,9H2,1-2H3. The number of halogens is 2. The van der Waals surface area contributed by atoms with Crippen LogP contribution in [0.2, 0.25) is 0 Å². The highest BCUT2D eigenvalue weighted by atomic mass is 79.9. The first-order chi connectivity index (χ1) is 8.40. The fourth-order valence-electron chi connectivity index (χ4n) is 1.61. The van der Waals surface area contributed by atoms with Crippen molar-refractivity contribution in [3.63, 3.8) is 0 Å². The number of hydrogen-bond acceptors (Lipinski definition) is 2. The Morgan fingerprint density at radius 3 is 2.28 bits per heavy atom. The number of hydrogen-bond donors (Lipinski definition) is 1. The van der Waals surface area contributed by atoms with Crippen LogP contribution in [-0.2, 0) is 10.0 Å². The zero-order valence-electron chi connectivity index (χ0n) is 10.4. The number of rotatable bonds is 6. The lowest BCUT2D eigenvalue weighted by molar-refractivity contribution is 0.397.